The zero-order chi connectivity index (χ0) is 9.84. The number of carbonyl (C=O) groups is 1. The Morgan fingerprint density at radius 3 is 2.54 bits per heavy atom. The molecule has 0 aromatic rings. The van der Waals surface area contributed by atoms with Crippen LogP contribution in [0.2, 0.25) is 0 Å². The fourth-order valence-corrected chi connectivity index (χ4v) is 1.93. The average Bonchev–Trinajstić information content (AvgIpc) is 2.09. The lowest BCUT2D eigenvalue weighted by Crippen LogP contribution is -2.38. The number of carboxylic acids is 1. The van der Waals surface area contributed by atoms with Gasteiger partial charge >= 0.3 is 5.97 Å². The zero-order valence-corrected chi connectivity index (χ0v) is 8.07. The molecule has 1 fully saturated rings. The number of nitrogens with two attached hydrogens (primary N) is 1. The number of hydrogen-bond acceptors (Lipinski definition) is 3. The van der Waals surface area contributed by atoms with Crippen LogP contribution in [0.3, 0.4) is 0 Å². The monoisotopic (exact) mass is 186 g/mol. The summed E-state index contributed by atoms with van der Waals surface area (Å²) in [6, 6.07) is 0. The zero-order valence-electron chi connectivity index (χ0n) is 8.07. The van der Waals surface area contributed by atoms with Crippen molar-refractivity contribution in [3.63, 3.8) is 0 Å². The van der Waals surface area contributed by atoms with Gasteiger partial charge in [0.15, 0.2) is 0 Å². The molecule has 1 unspecified atom stereocenters. The third kappa shape index (κ3) is 2.67. The molecule has 1 heterocycles. The normalized spacial score (nSPS) is 22.9. The number of likely N-dealkylation sites (tertiary alicyclic amines) is 1. The van der Waals surface area contributed by atoms with Crippen molar-refractivity contribution in [3.05, 3.63) is 0 Å². The Morgan fingerprint density at radius 2 is 2.15 bits per heavy atom. The summed E-state index contributed by atoms with van der Waals surface area (Å²) >= 11 is 0. The molecule has 0 aromatic heterocycles. The number of piperidine rings is 1. The minimum absolute atomic E-state index is 0.268. The molecule has 0 saturated carbocycles. The van der Waals surface area contributed by atoms with Crippen LogP contribution in [0.1, 0.15) is 12.8 Å². The molecule has 0 aliphatic carbocycles. The minimum Gasteiger partial charge on any atom is -0.481 e. The number of carboxylic acid groups (broad SMARTS) is 1. The van der Waals surface area contributed by atoms with Crippen molar-refractivity contribution in [2.24, 2.45) is 17.6 Å². The summed E-state index contributed by atoms with van der Waals surface area (Å²) in [7, 11) is 2.06. The number of hydrogen-bond donors (Lipinski definition) is 2. The second-order valence-electron chi connectivity index (χ2n) is 3.82. The first-order valence-corrected chi connectivity index (χ1v) is 4.76. The minimum atomic E-state index is -0.739. The Morgan fingerprint density at radius 1 is 1.62 bits per heavy atom. The van der Waals surface area contributed by atoms with Gasteiger partial charge in [0.2, 0.25) is 0 Å². The average molecular weight is 186 g/mol. The van der Waals surface area contributed by atoms with E-state index in [1.807, 2.05) is 0 Å². The van der Waals surface area contributed by atoms with Crippen LogP contribution in [0, 0.1) is 11.8 Å². The van der Waals surface area contributed by atoms with Crippen molar-refractivity contribution < 1.29 is 9.90 Å². The maximum Gasteiger partial charge on any atom is 0.308 e. The highest BCUT2D eigenvalue weighted by molar-refractivity contribution is 5.70. The maximum atomic E-state index is 10.8. The SMILES string of the molecule is CN1CCC(C(CN)C(=O)O)CC1. The summed E-state index contributed by atoms with van der Waals surface area (Å²) in [6.45, 7) is 2.26. The standard InChI is InChI=1S/C9H18N2O2/c1-11-4-2-7(3-5-11)8(6-10)9(12)13/h7-8H,2-6,10H2,1H3,(H,12,13). The summed E-state index contributed by atoms with van der Waals surface area (Å²) in [6.07, 6.45) is 1.93. The van der Waals surface area contributed by atoms with E-state index in [9.17, 15) is 4.79 Å². The highest BCUT2D eigenvalue weighted by Crippen LogP contribution is 2.23. The van der Waals surface area contributed by atoms with E-state index >= 15 is 0 Å². The smallest absolute Gasteiger partial charge is 0.308 e. The van der Waals surface area contributed by atoms with Gasteiger partial charge in [-0.05, 0) is 38.9 Å². The van der Waals surface area contributed by atoms with Gasteiger partial charge in [0, 0.05) is 6.54 Å². The summed E-state index contributed by atoms with van der Waals surface area (Å²) in [5.41, 5.74) is 5.44. The van der Waals surface area contributed by atoms with Crippen molar-refractivity contribution in [3.8, 4) is 0 Å². The highest BCUT2D eigenvalue weighted by atomic mass is 16.4. The second-order valence-corrected chi connectivity index (χ2v) is 3.82. The Labute approximate surface area is 78.7 Å². The molecule has 1 saturated heterocycles. The molecule has 0 radical (unpaired) electrons. The Kier molecular flexibility index (Phi) is 3.69. The van der Waals surface area contributed by atoms with Gasteiger partial charge in [-0.25, -0.2) is 0 Å². The predicted octanol–water partition coefficient (Wildman–Crippen LogP) is -0.0123. The number of nitrogens with zero attached hydrogens (tertiary/aromatic N) is 1. The van der Waals surface area contributed by atoms with Crippen LogP contribution < -0.4 is 5.73 Å². The van der Waals surface area contributed by atoms with Crippen LogP contribution in [0.5, 0.6) is 0 Å². The van der Waals surface area contributed by atoms with Gasteiger partial charge in [-0.1, -0.05) is 0 Å². The van der Waals surface area contributed by atoms with E-state index in [1.165, 1.54) is 0 Å². The summed E-state index contributed by atoms with van der Waals surface area (Å²) in [4.78, 5) is 13.0. The molecule has 1 rings (SSSR count). The third-order valence-electron chi connectivity index (χ3n) is 2.90. The molecule has 1 aliphatic heterocycles. The summed E-state index contributed by atoms with van der Waals surface area (Å²) in [5.74, 6) is -0.801. The van der Waals surface area contributed by atoms with Gasteiger partial charge in [0.05, 0.1) is 5.92 Å². The summed E-state index contributed by atoms with van der Waals surface area (Å²) < 4.78 is 0. The lowest BCUT2D eigenvalue weighted by atomic mass is 9.84. The second kappa shape index (κ2) is 4.58. The largest absolute Gasteiger partial charge is 0.481 e. The van der Waals surface area contributed by atoms with Crippen molar-refractivity contribution in [2.75, 3.05) is 26.7 Å². The first-order valence-electron chi connectivity index (χ1n) is 4.76. The van der Waals surface area contributed by atoms with E-state index in [4.69, 9.17) is 10.8 Å². The number of rotatable bonds is 3. The Balaban J connectivity index is 2.46. The molecule has 4 heteroatoms. The molecule has 0 spiro atoms. The van der Waals surface area contributed by atoms with Crippen molar-refractivity contribution in [1.29, 1.82) is 0 Å². The van der Waals surface area contributed by atoms with Crippen molar-refractivity contribution in [2.45, 2.75) is 12.8 Å². The molecule has 4 nitrogen and oxygen atoms in total. The van der Waals surface area contributed by atoms with E-state index in [0.29, 0.717) is 0 Å². The van der Waals surface area contributed by atoms with Crippen LogP contribution in [-0.4, -0.2) is 42.7 Å². The molecule has 76 valence electrons. The van der Waals surface area contributed by atoms with Crippen molar-refractivity contribution >= 4 is 5.97 Å². The van der Waals surface area contributed by atoms with E-state index in [-0.39, 0.29) is 18.4 Å². The van der Waals surface area contributed by atoms with Crippen molar-refractivity contribution in [1.82, 2.24) is 4.90 Å². The first-order chi connectivity index (χ1) is 6.15. The number of aliphatic carboxylic acids is 1. The molecule has 13 heavy (non-hydrogen) atoms. The maximum absolute atomic E-state index is 10.8. The fourth-order valence-electron chi connectivity index (χ4n) is 1.93. The molecular formula is C9H18N2O2. The van der Waals surface area contributed by atoms with E-state index in [2.05, 4.69) is 11.9 Å². The Bertz CT molecular complexity index is 176. The molecule has 1 atom stereocenters. The highest BCUT2D eigenvalue weighted by Gasteiger charge is 2.29. The van der Waals surface area contributed by atoms with Gasteiger partial charge in [-0.3, -0.25) is 4.79 Å². The van der Waals surface area contributed by atoms with Crippen LogP contribution in [-0.2, 0) is 4.79 Å². The Hall–Kier alpha value is -0.610. The molecule has 3 N–H and O–H groups in total. The van der Waals surface area contributed by atoms with E-state index in [0.717, 1.165) is 25.9 Å². The van der Waals surface area contributed by atoms with Crippen LogP contribution in [0.15, 0.2) is 0 Å². The molecule has 0 aromatic carbocycles. The fraction of sp³-hybridized carbons (Fsp3) is 0.889. The lowest BCUT2D eigenvalue weighted by molar-refractivity contribution is -0.143. The lowest BCUT2D eigenvalue weighted by Gasteiger charge is -2.31. The quantitative estimate of drug-likeness (QED) is 0.650. The van der Waals surface area contributed by atoms with Crippen LogP contribution in [0.25, 0.3) is 0 Å². The van der Waals surface area contributed by atoms with Gasteiger partial charge in [-0.2, -0.15) is 0 Å². The topological polar surface area (TPSA) is 66.6 Å². The van der Waals surface area contributed by atoms with Crippen LogP contribution in [0.4, 0.5) is 0 Å². The summed E-state index contributed by atoms with van der Waals surface area (Å²) in [5, 5.41) is 8.90. The van der Waals surface area contributed by atoms with Gasteiger partial charge in [0.1, 0.15) is 0 Å². The molecule has 0 bridgehead atoms. The predicted molar refractivity (Wildman–Crippen MR) is 50.4 cm³/mol. The molecular weight excluding hydrogens is 168 g/mol. The van der Waals surface area contributed by atoms with Gasteiger partial charge in [-0.15, -0.1) is 0 Å². The van der Waals surface area contributed by atoms with E-state index < -0.39 is 5.97 Å². The third-order valence-corrected chi connectivity index (χ3v) is 2.90. The molecule has 0 amide bonds. The van der Waals surface area contributed by atoms with Crippen LogP contribution >= 0.6 is 0 Å². The van der Waals surface area contributed by atoms with Gasteiger partial charge < -0.3 is 15.7 Å². The molecule has 1 aliphatic rings. The van der Waals surface area contributed by atoms with E-state index in [1.54, 1.807) is 0 Å². The first kappa shape index (κ1) is 10.5. The van der Waals surface area contributed by atoms with Gasteiger partial charge in [0.25, 0.3) is 0 Å².